The highest BCUT2D eigenvalue weighted by Gasteiger charge is 2.37. The smallest absolute Gasteiger partial charge is 0.420 e. The Bertz CT molecular complexity index is 611. The summed E-state index contributed by atoms with van der Waals surface area (Å²) in [6.07, 6.45) is -4.39. The molecule has 0 unspecified atom stereocenters. The number of non-ortho nitro benzene ring substituents is 1. The maximum atomic E-state index is 13.1. The number of halogens is 3. The van der Waals surface area contributed by atoms with Crippen molar-refractivity contribution in [3.05, 3.63) is 33.9 Å². The Morgan fingerprint density at radius 2 is 1.96 bits per heavy atom. The van der Waals surface area contributed by atoms with Crippen molar-refractivity contribution >= 4 is 11.6 Å². The summed E-state index contributed by atoms with van der Waals surface area (Å²) in [5.41, 5.74) is -1.81. The van der Waals surface area contributed by atoms with E-state index in [1.807, 2.05) is 0 Å². The van der Waals surface area contributed by atoms with E-state index in [0.29, 0.717) is 32.0 Å². The first-order chi connectivity index (χ1) is 10.7. The summed E-state index contributed by atoms with van der Waals surface area (Å²) in [6, 6.07) is 2.42. The Morgan fingerprint density at radius 3 is 2.43 bits per heavy atom. The molecule has 0 aromatic heterocycles. The van der Waals surface area contributed by atoms with Crippen molar-refractivity contribution in [2.75, 3.05) is 13.1 Å². The second-order valence-electron chi connectivity index (χ2n) is 5.26. The molecule has 1 aromatic rings. The van der Waals surface area contributed by atoms with Gasteiger partial charge in [0.05, 0.1) is 4.92 Å². The second kappa shape index (κ2) is 6.43. The number of rotatable bonds is 3. The van der Waals surface area contributed by atoms with Crippen molar-refractivity contribution in [3.63, 3.8) is 0 Å². The van der Waals surface area contributed by atoms with Gasteiger partial charge in [-0.25, -0.2) is 0 Å². The average molecular weight is 332 g/mol. The standard InChI is InChI=1S/C14H15F3N2O4/c1-9(20)18-6-4-11(5-7-18)23-13-3-2-10(19(21)22)8-12(13)14(15,16)17/h2-3,8,11H,4-7H2,1H3. The number of nitro groups is 1. The fourth-order valence-electron chi connectivity index (χ4n) is 2.42. The van der Waals surface area contributed by atoms with Gasteiger partial charge in [0.1, 0.15) is 17.4 Å². The monoisotopic (exact) mass is 332 g/mol. The molecule has 0 N–H and O–H groups in total. The molecular formula is C14H15F3N2O4. The van der Waals surface area contributed by atoms with Crippen molar-refractivity contribution in [2.45, 2.75) is 32.0 Å². The summed E-state index contributed by atoms with van der Waals surface area (Å²) in [4.78, 5) is 22.6. The molecule has 1 heterocycles. The van der Waals surface area contributed by atoms with Crippen molar-refractivity contribution in [1.82, 2.24) is 4.90 Å². The number of amides is 1. The first kappa shape index (κ1) is 17.0. The molecule has 0 atom stereocenters. The van der Waals surface area contributed by atoms with Crippen LogP contribution in [0.2, 0.25) is 0 Å². The van der Waals surface area contributed by atoms with Gasteiger partial charge in [0, 0.05) is 45.0 Å². The first-order valence-corrected chi connectivity index (χ1v) is 6.96. The van der Waals surface area contributed by atoms with Gasteiger partial charge in [-0.1, -0.05) is 0 Å². The summed E-state index contributed by atoms with van der Waals surface area (Å²) >= 11 is 0. The Labute approximate surface area is 130 Å². The van der Waals surface area contributed by atoms with Gasteiger partial charge in [-0.3, -0.25) is 14.9 Å². The SMILES string of the molecule is CC(=O)N1CCC(Oc2ccc([N+](=O)[O-])cc2C(F)(F)F)CC1. The third kappa shape index (κ3) is 4.11. The molecule has 0 radical (unpaired) electrons. The fourth-order valence-corrected chi connectivity index (χ4v) is 2.42. The number of hydrogen-bond donors (Lipinski definition) is 0. The van der Waals surface area contributed by atoms with Crippen LogP contribution in [-0.2, 0) is 11.0 Å². The Morgan fingerprint density at radius 1 is 1.35 bits per heavy atom. The van der Waals surface area contributed by atoms with Gasteiger partial charge in [-0.2, -0.15) is 13.2 Å². The maximum Gasteiger partial charge on any atom is 0.420 e. The molecule has 1 fully saturated rings. The number of likely N-dealkylation sites (tertiary alicyclic amines) is 1. The number of benzene rings is 1. The predicted molar refractivity (Wildman–Crippen MR) is 74.0 cm³/mol. The highest BCUT2D eigenvalue weighted by atomic mass is 19.4. The molecular weight excluding hydrogens is 317 g/mol. The number of piperidine rings is 1. The van der Waals surface area contributed by atoms with E-state index in [0.717, 1.165) is 12.1 Å². The zero-order valence-corrected chi connectivity index (χ0v) is 12.3. The summed E-state index contributed by atoms with van der Waals surface area (Å²) in [5, 5.41) is 10.6. The van der Waals surface area contributed by atoms with Crippen LogP contribution < -0.4 is 4.74 Å². The van der Waals surface area contributed by atoms with E-state index < -0.39 is 34.2 Å². The fraction of sp³-hybridized carbons (Fsp3) is 0.500. The van der Waals surface area contributed by atoms with Crippen molar-refractivity contribution in [1.29, 1.82) is 0 Å². The average Bonchev–Trinajstić information content (AvgIpc) is 2.46. The second-order valence-corrected chi connectivity index (χ2v) is 5.26. The van der Waals surface area contributed by atoms with Crippen LogP contribution in [0.1, 0.15) is 25.3 Å². The van der Waals surface area contributed by atoms with E-state index in [1.165, 1.54) is 6.92 Å². The zero-order valence-electron chi connectivity index (χ0n) is 12.3. The molecule has 6 nitrogen and oxygen atoms in total. The van der Waals surface area contributed by atoms with Crippen molar-refractivity contribution in [2.24, 2.45) is 0 Å². The summed E-state index contributed by atoms with van der Waals surface area (Å²) in [5.74, 6) is -0.515. The molecule has 0 spiro atoms. The van der Waals surface area contributed by atoms with Gasteiger partial charge in [0.15, 0.2) is 0 Å². The maximum absolute atomic E-state index is 13.1. The molecule has 1 aliphatic rings. The minimum Gasteiger partial charge on any atom is -0.490 e. The third-order valence-electron chi connectivity index (χ3n) is 3.66. The molecule has 1 amide bonds. The van der Waals surface area contributed by atoms with Crippen LogP contribution in [0.3, 0.4) is 0 Å². The van der Waals surface area contributed by atoms with Gasteiger partial charge in [-0.05, 0) is 6.07 Å². The molecule has 1 aliphatic heterocycles. The van der Waals surface area contributed by atoms with E-state index in [9.17, 15) is 28.1 Å². The number of nitrogens with zero attached hydrogens (tertiary/aromatic N) is 2. The molecule has 0 saturated carbocycles. The summed E-state index contributed by atoms with van der Waals surface area (Å²) < 4.78 is 44.6. The molecule has 9 heteroatoms. The third-order valence-corrected chi connectivity index (χ3v) is 3.66. The minimum absolute atomic E-state index is 0.0882. The highest BCUT2D eigenvalue weighted by Crippen LogP contribution is 2.39. The molecule has 2 rings (SSSR count). The minimum atomic E-state index is -4.75. The van der Waals surface area contributed by atoms with Crippen molar-refractivity contribution < 1.29 is 27.6 Å². The first-order valence-electron chi connectivity index (χ1n) is 6.96. The highest BCUT2D eigenvalue weighted by molar-refractivity contribution is 5.73. The van der Waals surface area contributed by atoms with Crippen LogP contribution in [0.15, 0.2) is 18.2 Å². The number of hydrogen-bond acceptors (Lipinski definition) is 4. The van der Waals surface area contributed by atoms with E-state index in [4.69, 9.17) is 4.74 Å². The Hall–Kier alpha value is -2.32. The largest absolute Gasteiger partial charge is 0.490 e. The molecule has 1 saturated heterocycles. The van der Waals surface area contributed by atoms with E-state index >= 15 is 0 Å². The van der Waals surface area contributed by atoms with E-state index in [1.54, 1.807) is 4.90 Å². The number of alkyl halides is 3. The van der Waals surface area contributed by atoms with Gasteiger partial charge in [0.25, 0.3) is 5.69 Å². The number of nitro benzene ring substituents is 1. The lowest BCUT2D eigenvalue weighted by molar-refractivity contribution is -0.385. The summed E-state index contributed by atoms with van der Waals surface area (Å²) in [6.45, 7) is 2.25. The van der Waals surface area contributed by atoms with E-state index in [-0.39, 0.29) is 5.91 Å². The zero-order chi connectivity index (χ0) is 17.2. The van der Waals surface area contributed by atoms with Crippen LogP contribution in [0.4, 0.5) is 18.9 Å². The van der Waals surface area contributed by atoms with Crippen LogP contribution in [-0.4, -0.2) is 34.9 Å². The molecule has 0 bridgehead atoms. The van der Waals surface area contributed by atoms with Gasteiger partial charge in [0.2, 0.25) is 5.91 Å². The predicted octanol–water partition coefficient (Wildman–Crippen LogP) is 3.00. The van der Waals surface area contributed by atoms with Gasteiger partial charge < -0.3 is 9.64 Å². The molecule has 23 heavy (non-hydrogen) atoms. The molecule has 1 aromatic carbocycles. The van der Waals surface area contributed by atoms with Crippen LogP contribution in [0, 0.1) is 10.1 Å². The number of ether oxygens (including phenoxy) is 1. The van der Waals surface area contributed by atoms with Gasteiger partial charge >= 0.3 is 6.18 Å². The van der Waals surface area contributed by atoms with Gasteiger partial charge in [-0.15, -0.1) is 0 Å². The number of carbonyl (C=O) groups is 1. The number of carbonyl (C=O) groups excluding carboxylic acids is 1. The lowest BCUT2D eigenvalue weighted by Gasteiger charge is -2.32. The Balaban J connectivity index is 2.17. The van der Waals surface area contributed by atoms with Crippen LogP contribution in [0.5, 0.6) is 5.75 Å². The quantitative estimate of drug-likeness (QED) is 0.630. The molecule has 0 aliphatic carbocycles. The lowest BCUT2D eigenvalue weighted by Crippen LogP contribution is -2.40. The topological polar surface area (TPSA) is 72.7 Å². The van der Waals surface area contributed by atoms with E-state index in [2.05, 4.69) is 0 Å². The molecule has 126 valence electrons. The normalized spacial score (nSPS) is 16.3. The van der Waals surface area contributed by atoms with Crippen LogP contribution >= 0.6 is 0 Å². The lowest BCUT2D eigenvalue weighted by atomic mass is 10.1. The summed E-state index contributed by atoms with van der Waals surface area (Å²) in [7, 11) is 0. The van der Waals surface area contributed by atoms with Crippen LogP contribution in [0.25, 0.3) is 0 Å². The Kier molecular flexibility index (Phi) is 4.76. The van der Waals surface area contributed by atoms with Crippen molar-refractivity contribution in [3.8, 4) is 5.75 Å².